The van der Waals surface area contributed by atoms with Gasteiger partial charge >= 0.3 is 0 Å². The number of rotatable bonds is 2. The van der Waals surface area contributed by atoms with Crippen LogP contribution >= 0.6 is 0 Å². The smallest absolute Gasteiger partial charge is 0.0402 e. The van der Waals surface area contributed by atoms with Crippen molar-refractivity contribution in [3.8, 4) is 0 Å². The summed E-state index contributed by atoms with van der Waals surface area (Å²) >= 11 is 0. The average Bonchev–Trinajstić information content (AvgIpc) is 2.86. The zero-order chi connectivity index (χ0) is 11.9. The van der Waals surface area contributed by atoms with Crippen molar-refractivity contribution in [2.75, 3.05) is 18.0 Å². The van der Waals surface area contributed by atoms with E-state index in [2.05, 4.69) is 48.3 Å². The zero-order valence-corrected chi connectivity index (χ0v) is 10.9. The molecule has 17 heavy (non-hydrogen) atoms. The van der Waals surface area contributed by atoms with E-state index >= 15 is 0 Å². The number of anilines is 1. The molecule has 0 amide bonds. The van der Waals surface area contributed by atoms with E-state index in [0.717, 1.165) is 6.54 Å². The molecule has 2 aliphatic rings. The molecule has 1 aromatic carbocycles. The minimum Gasteiger partial charge on any atom is -0.366 e. The van der Waals surface area contributed by atoms with E-state index in [9.17, 15) is 0 Å². The van der Waals surface area contributed by atoms with Gasteiger partial charge in [0, 0.05) is 23.8 Å². The molecule has 0 aromatic heterocycles. The van der Waals surface area contributed by atoms with E-state index in [4.69, 9.17) is 0 Å². The van der Waals surface area contributed by atoms with Gasteiger partial charge in [-0.15, -0.1) is 0 Å². The Morgan fingerprint density at radius 2 is 2.24 bits per heavy atom. The zero-order valence-electron chi connectivity index (χ0n) is 10.9. The van der Waals surface area contributed by atoms with Gasteiger partial charge in [0.05, 0.1) is 0 Å². The standard InChI is InChI=1S/C15H22N2/c1-12-10-13-6-3-4-7-14(13)17(12)11-15(2)8-5-9-16-15/h3-4,6-7,12,16H,5,8-11H2,1-2H3. The Balaban J connectivity index is 1.83. The molecule has 2 aliphatic heterocycles. The van der Waals surface area contributed by atoms with Gasteiger partial charge < -0.3 is 10.2 Å². The Hall–Kier alpha value is -1.02. The van der Waals surface area contributed by atoms with Crippen molar-refractivity contribution in [3.05, 3.63) is 29.8 Å². The topological polar surface area (TPSA) is 15.3 Å². The third-order valence-corrected chi connectivity index (χ3v) is 4.32. The normalized spacial score (nSPS) is 31.9. The molecule has 1 N–H and O–H groups in total. The number of para-hydroxylation sites is 1. The van der Waals surface area contributed by atoms with Gasteiger partial charge in [0.15, 0.2) is 0 Å². The van der Waals surface area contributed by atoms with E-state index in [1.165, 1.54) is 37.1 Å². The highest BCUT2D eigenvalue weighted by Crippen LogP contribution is 2.34. The summed E-state index contributed by atoms with van der Waals surface area (Å²) < 4.78 is 0. The molecule has 0 radical (unpaired) electrons. The van der Waals surface area contributed by atoms with Crippen LogP contribution in [0, 0.1) is 0 Å². The molecule has 1 aromatic rings. The summed E-state index contributed by atoms with van der Waals surface area (Å²) in [5, 5.41) is 3.67. The van der Waals surface area contributed by atoms with E-state index in [-0.39, 0.29) is 0 Å². The predicted molar refractivity (Wildman–Crippen MR) is 72.6 cm³/mol. The first-order valence-corrected chi connectivity index (χ1v) is 6.78. The van der Waals surface area contributed by atoms with Crippen LogP contribution in [0.25, 0.3) is 0 Å². The Kier molecular flexibility index (Phi) is 2.62. The van der Waals surface area contributed by atoms with Crippen molar-refractivity contribution in [2.45, 2.75) is 44.7 Å². The van der Waals surface area contributed by atoms with Gasteiger partial charge in [0.1, 0.15) is 0 Å². The molecule has 0 saturated carbocycles. The number of hydrogen-bond donors (Lipinski definition) is 1. The number of nitrogens with one attached hydrogen (secondary N) is 1. The summed E-state index contributed by atoms with van der Waals surface area (Å²) in [5.41, 5.74) is 3.28. The minimum absolute atomic E-state index is 0.311. The predicted octanol–water partition coefficient (Wildman–Crippen LogP) is 2.58. The fourth-order valence-corrected chi connectivity index (χ4v) is 3.34. The van der Waals surface area contributed by atoms with Crippen LogP contribution in [0.3, 0.4) is 0 Å². The van der Waals surface area contributed by atoms with Crippen molar-refractivity contribution >= 4 is 5.69 Å². The SMILES string of the molecule is CC1Cc2ccccc2N1CC1(C)CCCN1. The van der Waals surface area contributed by atoms with Crippen molar-refractivity contribution in [3.63, 3.8) is 0 Å². The highest BCUT2D eigenvalue weighted by molar-refractivity contribution is 5.59. The molecule has 92 valence electrons. The molecule has 2 nitrogen and oxygen atoms in total. The lowest BCUT2D eigenvalue weighted by Crippen LogP contribution is -2.49. The molecule has 0 aliphatic carbocycles. The van der Waals surface area contributed by atoms with Crippen LogP contribution in [-0.4, -0.2) is 24.7 Å². The largest absolute Gasteiger partial charge is 0.366 e. The Bertz CT molecular complexity index is 407. The van der Waals surface area contributed by atoms with Crippen LogP contribution in [0.15, 0.2) is 24.3 Å². The highest BCUT2D eigenvalue weighted by Gasteiger charge is 2.34. The molecule has 0 bridgehead atoms. The van der Waals surface area contributed by atoms with Gasteiger partial charge in [0.2, 0.25) is 0 Å². The fraction of sp³-hybridized carbons (Fsp3) is 0.600. The maximum Gasteiger partial charge on any atom is 0.0402 e. The summed E-state index contributed by atoms with van der Waals surface area (Å²) in [4.78, 5) is 2.59. The number of benzene rings is 1. The molecule has 2 heterocycles. The summed E-state index contributed by atoms with van der Waals surface area (Å²) in [6.45, 7) is 7.04. The second-order valence-corrected chi connectivity index (χ2v) is 5.90. The maximum atomic E-state index is 3.67. The van der Waals surface area contributed by atoms with Crippen LogP contribution in [-0.2, 0) is 6.42 Å². The van der Waals surface area contributed by atoms with Crippen molar-refractivity contribution in [1.82, 2.24) is 5.32 Å². The summed E-state index contributed by atoms with van der Waals surface area (Å²) in [6.07, 6.45) is 3.82. The highest BCUT2D eigenvalue weighted by atomic mass is 15.2. The summed E-state index contributed by atoms with van der Waals surface area (Å²) in [6, 6.07) is 9.51. The lowest BCUT2D eigenvalue weighted by atomic mass is 9.99. The Labute approximate surface area is 104 Å². The second-order valence-electron chi connectivity index (χ2n) is 5.90. The lowest BCUT2D eigenvalue weighted by Gasteiger charge is -2.34. The summed E-state index contributed by atoms with van der Waals surface area (Å²) in [7, 11) is 0. The molecule has 2 unspecified atom stereocenters. The first kappa shape index (κ1) is 11.1. The van der Waals surface area contributed by atoms with Gasteiger partial charge in [0.25, 0.3) is 0 Å². The van der Waals surface area contributed by atoms with Crippen LogP contribution < -0.4 is 10.2 Å². The third kappa shape index (κ3) is 1.95. The van der Waals surface area contributed by atoms with Gasteiger partial charge in [-0.2, -0.15) is 0 Å². The molecule has 2 heteroatoms. The molecule has 2 atom stereocenters. The quantitative estimate of drug-likeness (QED) is 0.840. The molecule has 3 rings (SSSR count). The van der Waals surface area contributed by atoms with Gasteiger partial charge in [-0.1, -0.05) is 18.2 Å². The molecule has 1 fully saturated rings. The molecular weight excluding hydrogens is 208 g/mol. The molecule has 0 spiro atoms. The summed E-state index contributed by atoms with van der Waals surface area (Å²) in [5.74, 6) is 0. The van der Waals surface area contributed by atoms with Crippen molar-refractivity contribution < 1.29 is 0 Å². The van der Waals surface area contributed by atoms with Crippen molar-refractivity contribution in [1.29, 1.82) is 0 Å². The van der Waals surface area contributed by atoms with E-state index in [1.54, 1.807) is 0 Å². The lowest BCUT2D eigenvalue weighted by molar-refractivity contribution is 0.402. The van der Waals surface area contributed by atoms with Gasteiger partial charge in [-0.05, 0) is 51.3 Å². The Morgan fingerprint density at radius 3 is 3.00 bits per heavy atom. The van der Waals surface area contributed by atoms with Crippen molar-refractivity contribution in [2.24, 2.45) is 0 Å². The minimum atomic E-state index is 0.311. The fourth-order valence-electron chi connectivity index (χ4n) is 3.34. The van der Waals surface area contributed by atoms with E-state index < -0.39 is 0 Å². The average molecular weight is 230 g/mol. The van der Waals surface area contributed by atoms with Gasteiger partial charge in [-0.3, -0.25) is 0 Å². The van der Waals surface area contributed by atoms with Crippen LogP contribution in [0.2, 0.25) is 0 Å². The van der Waals surface area contributed by atoms with E-state index in [0.29, 0.717) is 11.6 Å². The monoisotopic (exact) mass is 230 g/mol. The van der Waals surface area contributed by atoms with Gasteiger partial charge in [-0.25, -0.2) is 0 Å². The van der Waals surface area contributed by atoms with Crippen LogP contribution in [0.4, 0.5) is 5.69 Å². The maximum absolute atomic E-state index is 3.67. The molecular formula is C15H22N2. The number of fused-ring (bicyclic) bond motifs is 1. The molecule has 1 saturated heterocycles. The number of hydrogen-bond acceptors (Lipinski definition) is 2. The van der Waals surface area contributed by atoms with Crippen LogP contribution in [0.5, 0.6) is 0 Å². The third-order valence-electron chi connectivity index (χ3n) is 4.32. The number of nitrogens with zero attached hydrogens (tertiary/aromatic N) is 1. The first-order valence-electron chi connectivity index (χ1n) is 6.78. The van der Waals surface area contributed by atoms with Crippen LogP contribution in [0.1, 0.15) is 32.3 Å². The van der Waals surface area contributed by atoms with E-state index in [1.807, 2.05) is 0 Å². The Morgan fingerprint density at radius 1 is 1.41 bits per heavy atom. The second kappa shape index (κ2) is 4.02. The first-order chi connectivity index (χ1) is 8.18.